The lowest BCUT2D eigenvalue weighted by Gasteiger charge is -2.32. The van der Waals surface area contributed by atoms with Gasteiger partial charge in [-0.25, -0.2) is 0 Å². The van der Waals surface area contributed by atoms with Gasteiger partial charge in [-0.05, 0) is 45.2 Å². The molecule has 0 amide bonds. The van der Waals surface area contributed by atoms with Crippen molar-refractivity contribution in [2.45, 2.75) is 59.2 Å². The van der Waals surface area contributed by atoms with Crippen LogP contribution in [0.3, 0.4) is 0 Å². The molecule has 22 heavy (non-hydrogen) atoms. The molecule has 1 saturated heterocycles. The zero-order valence-corrected chi connectivity index (χ0v) is 13.9. The molecular formula is C17H28N2O3. The van der Waals surface area contributed by atoms with Gasteiger partial charge in [-0.2, -0.15) is 0 Å². The van der Waals surface area contributed by atoms with E-state index in [1.54, 1.807) is 0 Å². The van der Waals surface area contributed by atoms with Gasteiger partial charge in [-0.15, -0.1) is 0 Å². The van der Waals surface area contributed by atoms with Gasteiger partial charge in [0.05, 0.1) is 12.3 Å². The molecule has 2 rings (SSSR count). The monoisotopic (exact) mass is 308 g/mol. The van der Waals surface area contributed by atoms with Crippen molar-refractivity contribution in [3.8, 4) is 5.75 Å². The van der Waals surface area contributed by atoms with Crippen LogP contribution < -0.4 is 5.43 Å². The second kappa shape index (κ2) is 7.29. The normalized spacial score (nSPS) is 18.5. The van der Waals surface area contributed by atoms with Crippen LogP contribution in [0, 0.1) is 5.92 Å². The van der Waals surface area contributed by atoms with E-state index < -0.39 is 5.43 Å². The maximum absolute atomic E-state index is 12.0. The van der Waals surface area contributed by atoms with Gasteiger partial charge in [0.2, 0.25) is 5.43 Å². The summed E-state index contributed by atoms with van der Waals surface area (Å²) in [5.74, 6) is 0.571. The first-order valence-corrected chi connectivity index (χ1v) is 8.27. The summed E-state index contributed by atoms with van der Waals surface area (Å²) in [5.41, 5.74) is 0.821. The highest BCUT2D eigenvalue weighted by Crippen LogP contribution is 2.25. The molecule has 1 aromatic rings. The molecule has 2 N–H and O–H groups in total. The molecule has 0 saturated carbocycles. The molecule has 0 bridgehead atoms. The van der Waals surface area contributed by atoms with Crippen LogP contribution in [0.25, 0.3) is 0 Å². The van der Waals surface area contributed by atoms with E-state index in [9.17, 15) is 15.0 Å². The largest absolute Gasteiger partial charge is 0.503 e. The summed E-state index contributed by atoms with van der Waals surface area (Å²) in [6.07, 6.45) is 3.17. The number of rotatable bonds is 5. The minimum Gasteiger partial charge on any atom is -0.503 e. The number of aliphatic hydroxyl groups is 1. The van der Waals surface area contributed by atoms with Gasteiger partial charge < -0.3 is 14.8 Å². The number of hydrogen-bond acceptors (Lipinski definition) is 4. The van der Waals surface area contributed by atoms with Crippen LogP contribution in [-0.4, -0.2) is 32.8 Å². The molecule has 0 radical (unpaired) electrons. The van der Waals surface area contributed by atoms with Gasteiger partial charge in [0.25, 0.3) is 0 Å². The van der Waals surface area contributed by atoms with E-state index in [0.717, 1.165) is 38.3 Å². The highest BCUT2D eigenvalue weighted by atomic mass is 16.3. The summed E-state index contributed by atoms with van der Waals surface area (Å²) >= 11 is 0. The second-order valence-electron chi connectivity index (χ2n) is 6.54. The van der Waals surface area contributed by atoms with Gasteiger partial charge >= 0.3 is 0 Å². The molecule has 1 unspecified atom stereocenters. The maximum atomic E-state index is 12.0. The Balaban J connectivity index is 2.39. The Morgan fingerprint density at radius 2 is 2.00 bits per heavy atom. The topological polar surface area (TPSA) is 65.7 Å². The maximum Gasteiger partial charge on any atom is 0.223 e. The van der Waals surface area contributed by atoms with Crippen molar-refractivity contribution >= 4 is 0 Å². The van der Waals surface area contributed by atoms with Gasteiger partial charge in [0.1, 0.15) is 0 Å². The first-order valence-electron chi connectivity index (χ1n) is 8.27. The van der Waals surface area contributed by atoms with Crippen LogP contribution in [0.5, 0.6) is 5.75 Å². The predicted octanol–water partition coefficient (Wildman–Crippen LogP) is 2.25. The molecular weight excluding hydrogens is 280 g/mol. The van der Waals surface area contributed by atoms with Crippen molar-refractivity contribution < 1.29 is 10.2 Å². The summed E-state index contributed by atoms with van der Waals surface area (Å²) in [4.78, 5) is 14.3. The van der Waals surface area contributed by atoms with Gasteiger partial charge in [-0.3, -0.25) is 9.69 Å². The first kappa shape index (κ1) is 17.0. The van der Waals surface area contributed by atoms with Crippen LogP contribution >= 0.6 is 0 Å². The Bertz CT molecular complexity index is 560. The molecule has 1 aromatic heterocycles. The smallest absolute Gasteiger partial charge is 0.223 e. The number of nitrogens with zero attached hydrogens (tertiary/aromatic N) is 2. The lowest BCUT2D eigenvalue weighted by Crippen LogP contribution is -2.34. The molecule has 0 aliphatic carbocycles. The fraction of sp³-hybridized carbons (Fsp3) is 0.706. The van der Waals surface area contributed by atoms with E-state index >= 15 is 0 Å². The second-order valence-corrected chi connectivity index (χ2v) is 6.54. The average Bonchev–Trinajstić information content (AvgIpc) is 2.52. The molecule has 1 atom stereocenters. The third kappa shape index (κ3) is 3.52. The van der Waals surface area contributed by atoms with E-state index in [2.05, 4.69) is 18.7 Å². The van der Waals surface area contributed by atoms with Crippen molar-refractivity contribution in [2.24, 2.45) is 5.92 Å². The molecule has 124 valence electrons. The van der Waals surface area contributed by atoms with Gasteiger partial charge in [0.15, 0.2) is 5.75 Å². The SMILES string of the molecule is CCC(C)n1c(CO)cc(=O)c(O)c1CN1CCC(C)CC1. The highest BCUT2D eigenvalue weighted by molar-refractivity contribution is 5.30. The Labute approximate surface area is 132 Å². The summed E-state index contributed by atoms with van der Waals surface area (Å²) < 4.78 is 1.94. The number of likely N-dealkylation sites (tertiary alicyclic amines) is 1. The number of piperidine rings is 1. The minimum absolute atomic E-state index is 0.132. The molecule has 1 aliphatic heterocycles. The Hall–Kier alpha value is -1.33. The minimum atomic E-state index is -0.399. The van der Waals surface area contributed by atoms with Crippen LogP contribution in [0.4, 0.5) is 0 Å². The van der Waals surface area contributed by atoms with Crippen molar-refractivity contribution in [2.75, 3.05) is 13.1 Å². The molecule has 1 aliphatic rings. The average molecular weight is 308 g/mol. The van der Waals surface area contributed by atoms with Crippen LogP contribution in [-0.2, 0) is 13.2 Å². The predicted molar refractivity (Wildman–Crippen MR) is 87.0 cm³/mol. The van der Waals surface area contributed by atoms with Crippen LogP contribution in [0.1, 0.15) is 57.5 Å². The first-order chi connectivity index (χ1) is 10.5. The third-order valence-electron chi connectivity index (χ3n) is 4.85. The molecule has 5 nitrogen and oxygen atoms in total. The van der Waals surface area contributed by atoms with Crippen molar-refractivity contribution in [1.29, 1.82) is 0 Å². The summed E-state index contributed by atoms with van der Waals surface area (Å²) in [6, 6.07) is 1.48. The number of aliphatic hydroxyl groups excluding tert-OH is 1. The van der Waals surface area contributed by atoms with E-state index in [1.165, 1.54) is 6.07 Å². The Kier molecular flexibility index (Phi) is 5.64. The zero-order valence-electron chi connectivity index (χ0n) is 13.9. The summed E-state index contributed by atoms with van der Waals surface area (Å²) in [5, 5.41) is 19.9. The molecule has 1 fully saturated rings. The van der Waals surface area contributed by atoms with Gasteiger partial charge in [-0.1, -0.05) is 13.8 Å². The summed E-state index contributed by atoms with van der Waals surface area (Å²) in [7, 11) is 0. The van der Waals surface area contributed by atoms with E-state index in [1.807, 2.05) is 11.5 Å². The highest BCUT2D eigenvalue weighted by Gasteiger charge is 2.22. The fourth-order valence-corrected chi connectivity index (χ4v) is 3.16. The zero-order chi connectivity index (χ0) is 16.3. The van der Waals surface area contributed by atoms with Crippen LogP contribution in [0.15, 0.2) is 10.9 Å². The Morgan fingerprint density at radius 1 is 1.36 bits per heavy atom. The summed E-state index contributed by atoms with van der Waals surface area (Å²) in [6.45, 7) is 8.71. The van der Waals surface area contributed by atoms with E-state index in [4.69, 9.17) is 0 Å². The molecule has 5 heteroatoms. The van der Waals surface area contributed by atoms with Crippen LogP contribution in [0.2, 0.25) is 0 Å². The van der Waals surface area contributed by atoms with Crippen molar-refractivity contribution in [1.82, 2.24) is 9.47 Å². The standard InChI is InChI=1S/C17H28N2O3/c1-4-13(3)19-14(11-20)9-16(21)17(22)15(19)10-18-7-5-12(2)6-8-18/h9,12-13,20,22H,4-8,10-11H2,1-3H3. The number of aromatic hydroxyl groups is 1. The molecule has 2 heterocycles. The number of hydrogen-bond donors (Lipinski definition) is 2. The Morgan fingerprint density at radius 3 is 2.55 bits per heavy atom. The van der Waals surface area contributed by atoms with E-state index in [-0.39, 0.29) is 18.4 Å². The quantitative estimate of drug-likeness (QED) is 0.875. The lowest BCUT2D eigenvalue weighted by molar-refractivity contribution is 0.176. The lowest BCUT2D eigenvalue weighted by atomic mass is 9.99. The molecule has 0 aromatic carbocycles. The molecule has 0 spiro atoms. The van der Waals surface area contributed by atoms with E-state index in [0.29, 0.717) is 17.9 Å². The van der Waals surface area contributed by atoms with Crippen molar-refractivity contribution in [3.05, 3.63) is 27.7 Å². The third-order valence-corrected chi connectivity index (χ3v) is 4.85. The number of aromatic nitrogens is 1. The fourth-order valence-electron chi connectivity index (χ4n) is 3.16. The van der Waals surface area contributed by atoms with Gasteiger partial charge in [0, 0.05) is 24.3 Å². The van der Waals surface area contributed by atoms with Crippen molar-refractivity contribution in [3.63, 3.8) is 0 Å². The number of pyridine rings is 1.